The summed E-state index contributed by atoms with van der Waals surface area (Å²) in [6.07, 6.45) is 3.67. The monoisotopic (exact) mass is 350 g/mol. The van der Waals surface area contributed by atoms with Crippen molar-refractivity contribution < 1.29 is 13.2 Å². The zero-order valence-corrected chi connectivity index (χ0v) is 14.3. The van der Waals surface area contributed by atoms with Crippen LogP contribution < -0.4 is 4.72 Å². The predicted octanol–water partition coefficient (Wildman–Crippen LogP) is 0.873. The lowest BCUT2D eigenvalue weighted by molar-refractivity contribution is 0.0376. The van der Waals surface area contributed by atoms with E-state index in [0.717, 1.165) is 45.0 Å². The first-order valence-electron chi connectivity index (χ1n) is 8.05. The van der Waals surface area contributed by atoms with Crippen LogP contribution in [-0.4, -0.2) is 62.5 Å². The molecule has 1 aliphatic rings. The summed E-state index contributed by atoms with van der Waals surface area (Å²) in [7, 11) is -3.53. The molecule has 3 rings (SSSR count). The topological polar surface area (TPSA) is 76.5 Å². The van der Waals surface area contributed by atoms with Crippen LogP contribution >= 0.6 is 0 Å². The lowest BCUT2D eigenvalue weighted by atomic mass is 10.3. The Balaban J connectivity index is 1.53. The fourth-order valence-corrected chi connectivity index (χ4v) is 3.59. The van der Waals surface area contributed by atoms with Gasteiger partial charge in [-0.1, -0.05) is 18.2 Å². The van der Waals surface area contributed by atoms with Gasteiger partial charge in [0, 0.05) is 19.6 Å². The molecule has 1 aromatic heterocycles. The summed E-state index contributed by atoms with van der Waals surface area (Å²) in [6, 6.07) is 9.42. The number of sulfonamides is 1. The summed E-state index contributed by atoms with van der Waals surface area (Å²) in [5.74, 6) is 0. The number of nitrogens with one attached hydrogen (secondary N) is 1. The molecule has 7 nitrogen and oxygen atoms in total. The van der Waals surface area contributed by atoms with Crippen LogP contribution in [0.25, 0.3) is 5.69 Å². The SMILES string of the molecule is O=S(=O)(NCCCN1CCOCC1)c1cnn(-c2ccccc2)c1. The van der Waals surface area contributed by atoms with Gasteiger partial charge in [0.1, 0.15) is 4.90 Å². The second-order valence-electron chi connectivity index (χ2n) is 5.66. The molecule has 1 N–H and O–H groups in total. The quantitative estimate of drug-likeness (QED) is 0.750. The highest BCUT2D eigenvalue weighted by molar-refractivity contribution is 7.89. The minimum atomic E-state index is -3.53. The Morgan fingerprint density at radius 2 is 1.92 bits per heavy atom. The predicted molar refractivity (Wildman–Crippen MR) is 90.6 cm³/mol. The summed E-state index contributed by atoms with van der Waals surface area (Å²) in [6.45, 7) is 4.62. The van der Waals surface area contributed by atoms with Gasteiger partial charge >= 0.3 is 0 Å². The zero-order valence-electron chi connectivity index (χ0n) is 13.5. The maximum Gasteiger partial charge on any atom is 0.243 e. The fourth-order valence-electron chi connectivity index (χ4n) is 2.58. The van der Waals surface area contributed by atoms with E-state index in [1.54, 1.807) is 4.68 Å². The van der Waals surface area contributed by atoms with Crippen molar-refractivity contribution in [2.24, 2.45) is 0 Å². The molecule has 0 atom stereocenters. The van der Waals surface area contributed by atoms with Crippen molar-refractivity contribution in [2.45, 2.75) is 11.3 Å². The van der Waals surface area contributed by atoms with E-state index in [4.69, 9.17) is 4.74 Å². The Morgan fingerprint density at radius 3 is 2.67 bits per heavy atom. The Bertz CT molecular complexity index is 740. The van der Waals surface area contributed by atoms with Crippen LogP contribution in [-0.2, 0) is 14.8 Å². The minimum absolute atomic E-state index is 0.178. The van der Waals surface area contributed by atoms with Gasteiger partial charge in [-0.3, -0.25) is 4.90 Å². The molecule has 0 aliphatic carbocycles. The molecule has 1 fully saturated rings. The number of hydrogen-bond donors (Lipinski definition) is 1. The van der Waals surface area contributed by atoms with Crippen molar-refractivity contribution >= 4 is 10.0 Å². The van der Waals surface area contributed by atoms with Crippen molar-refractivity contribution in [3.8, 4) is 5.69 Å². The minimum Gasteiger partial charge on any atom is -0.379 e. The Morgan fingerprint density at radius 1 is 1.17 bits per heavy atom. The maximum atomic E-state index is 12.3. The van der Waals surface area contributed by atoms with Crippen LogP contribution in [0.5, 0.6) is 0 Å². The van der Waals surface area contributed by atoms with Crippen molar-refractivity contribution in [3.63, 3.8) is 0 Å². The molecule has 0 saturated carbocycles. The van der Waals surface area contributed by atoms with Gasteiger partial charge in [-0.05, 0) is 25.1 Å². The molecule has 0 unspecified atom stereocenters. The van der Waals surface area contributed by atoms with Gasteiger partial charge in [0.25, 0.3) is 0 Å². The number of aromatic nitrogens is 2. The molecule has 2 heterocycles. The molecule has 0 bridgehead atoms. The van der Waals surface area contributed by atoms with E-state index in [2.05, 4.69) is 14.7 Å². The van der Waals surface area contributed by atoms with Gasteiger partial charge in [0.05, 0.1) is 31.3 Å². The summed E-state index contributed by atoms with van der Waals surface area (Å²) >= 11 is 0. The van der Waals surface area contributed by atoms with E-state index in [1.165, 1.54) is 12.4 Å². The van der Waals surface area contributed by atoms with Crippen LogP contribution in [0, 0.1) is 0 Å². The summed E-state index contributed by atoms with van der Waals surface area (Å²) < 4.78 is 34.2. The van der Waals surface area contributed by atoms with Crippen molar-refractivity contribution in [1.29, 1.82) is 0 Å². The number of ether oxygens (including phenoxy) is 1. The summed E-state index contributed by atoms with van der Waals surface area (Å²) in [5, 5.41) is 4.13. The second-order valence-corrected chi connectivity index (χ2v) is 7.43. The molecule has 24 heavy (non-hydrogen) atoms. The first-order valence-corrected chi connectivity index (χ1v) is 9.53. The van der Waals surface area contributed by atoms with E-state index in [1.807, 2.05) is 30.3 Å². The highest BCUT2D eigenvalue weighted by Gasteiger charge is 2.17. The van der Waals surface area contributed by atoms with E-state index in [9.17, 15) is 8.42 Å². The number of benzene rings is 1. The smallest absolute Gasteiger partial charge is 0.243 e. The van der Waals surface area contributed by atoms with Gasteiger partial charge in [-0.15, -0.1) is 0 Å². The molecule has 1 aromatic carbocycles. The number of rotatable bonds is 7. The number of morpholine rings is 1. The molecule has 0 radical (unpaired) electrons. The van der Waals surface area contributed by atoms with Gasteiger partial charge in [-0.2, -0.15) is 5.10 Å². The third-order valence-electron chi connectivity index (χ3n) is 3.94. The molecule has 0 amide bonds. The van der Waals surface area contributed by atoms with E-state index in [-0.39, 0.29) is 4.90 Å². The molecule has 1 aliphatic heterocycles. The maximum absolute atomic E-state index is 12.3. The lowest BCUT2D eigenvalue weighted by Crippen LogP contribution is -2.38. The normalized spacial score (nSPS) is 16.3. The number of hydrogen-bond acceptors (Lipinski definition) is 5. The van der Waals surface area contributed by atoms with Crippen molar-refractivity contribution in [3.05, 3.63) is 42.7 Å². The molecule has 130 valence electrons. The second kappa shape index (κ2) is 7.89. The molecular weight excluding hydrogens is 328 g/mol. The average molecular weight is 350 g/mol. The lowest BCUT2D eigenvalue weighted by Gasteiger charge is -2.26. The summed E-state index contributed by atoms with van der Waals surface area (Å²) in [5.41, 5.74) is 0.825. The first kappa shape index (κ1) is 17.1. The molecule has 1 saturated heterocycles. The highest BCUT2D eigenvalue weighted by atomic mass is 32.2. The first-order chi connectivity index (χ1) is 11.6. The number of para-hydroxylation sites is 1. The average Bonchev–Trinajstić information content (AvgIpc) is 3.12. The third-order valence-corrected chi connectivity index (χ3v) is 5.35. The van der Waals surface area contributed by atoms with Crippen LogP contribution in [0.15, 0.2) is 47.6 Å². The third kappa shape index (κ3) is 4.41. The molecule has 2 aromatic rings. The Hall–Kier alpha value is -1.74. The Kier molecular flexibility index (Phi) is 5.62. The van der Waals surface area contributed by atoms with Gasteiger partial charge in [0.15, 0.2) is 0 Å². The van der Waals surface area contributed by atoms with Crippen LogP contribution in [0.4, 0.5) is 0 Å². The number of nitrogens with zero attached hydrogens (tertiary/aromatic N) is 3. The van der Waals surface area contributed by atoms with E-state index >= 15 is 0 Å². The summed E-state index contributed by atoms with van der Waals surface area (Å²) in [4.78, 5) is 2.46. The van der Waals surface area contributed by atoms with Crippen molar-refractivity contribution in [2.75, 3.05) is 39.4 Å². The molecular formula is C16H22N4O3S. The van der Waals surface area contributed by atoms with Gasteiger partial charge in [0.2, 0.25) is 10.0 Å². The van der Waals surface area contributed by atoms with Crippen LogP contribution in [0.2, 0.25) is 0 Å². The van der Waals surface area contributed by atoms with Gasteiger partial charge in [-0.25, -0.2) is 17.8 Å². The highest BCUT2D eigenvalue weighted by Crippen LogP contribution is 2.11. The fraction of sp³-hybridized carbons (Fsp3) is 0.438. The van der Waals surface area contributed by atoms with Crippen molar-refractivity contribution in [1.82, 2.24) is 19.4 Å². The Labute approximate surface area is 142 Å². The largest absolute Gasteiger partial charge is 0.379 e. The van der Waals surface area contributed by atoms with Crippen LogP contribution in [0.3, 0.4) is 0 Å². The zero-order chi connectivity index (χ0) is 16.8. The van der Waals surface area contributed by atoms with Crippen LogP contribution in [0.1, 0.15) is 6.42 Å². The standard InChI is InChI=1S/C16H22N4O3S/c21-24(22,18-7-4-8-19-9-11-23-12-10-19)16-13-17-20(14-16)15-5-2-1-3-6-15/h1-3,5-6,13-14,18H,4,7-12H2. The molecule has 0 spiro atoms. The van der Waals surface area contributed by atoms with Gasteiger partial charge < -0.3 is 4.74 Å². The molecule has 8 heteroatoms. The van der Waals surface area contributed by atoms with E-state index < -0.39 is 10.0 Å². The van der Waals surface area contributed by atoms with E-state index in [0.29, 0.717) is 6.54 Å².